The smallest absolute Gasteiger partial charge is 0.161 e. The number of rotatable bonds is 10. The molecule has 0 radical (unpaired) electrons. The fraction of sp³-hybridized carbons (Fsp3) is 0.308. The molecule has 170 valence electrons. The van der Waals surface area contributed by atoms with Crippen LogP contribution in [0.5, 0.6) is 28.7 Å². The third-order valence-corrected chi connectivity index (χ3v) is 5.65. The molecule has 0 amide bonds. The van der Waals surface area contributed by atoms with Gasteiger partial charge in [0.15, 0.2) is 23.0 Å². The molecule has 0 aliphatic heterocycles. The first-order valence-corrected chi connectivity index (χ1v) is 10.3. The normalized spacial score (nSPS) is 11.7. The second-order valence-electron chi connectivity index (χ2n) is 7.27. The lowest BCUT2D eigenvalue weighted by Gasteiger charge is -2.28. The minimum Gasteiger partial charge on any atom is -0.497 e. The van der Waals surface area contributed by atoms with Crippen LogP contribution < -0.4 is 23.7 Å². The van der Waals surface area contributed by atoms with E-state index in [-0.39, 0.29) is 18.4 Å². The van der Waals surface area contributed by atoms with Gasteiger partial charge in [-0.05, 0) is 53.1 Å². The lowest BCUT2D eigenvalue weighted by atomic mass is 9.77. The van der Waals surface area contributed by atoms with Crippen molar-refractivity contribution in [1.82, 2.24) is 0 Å². The van der Waals surface area contributed by atoms with Gasteiger partial charge in [-0.25, -0.2) is 0 Å². The number of ether oxygens (including phenoxy) is 5. The standard InChI is InChI=1S/C26H30O6/c1-28-20-8-6-7-17(13-20)21(16-27)26(18-9-11-22(29-2)24(14-18)31-4)19-10-12-23(30-3)25(15-19)32-5/h6-15,21,26-27H,16H2,1-5H3. The highest BCUT2D eigenvalue weighted by Crippen LogP contribution is 2.43. The van der Waals surface area contributed by atoms with E-state index in [4.69, 9.17) is 23.7 Å². The number of aliphatic hydroxyl groups is 1. The number of hydrogen-bond donors (Lipinski definition) is 1. The molecule has 1 N–H and O–H groups in total. The predicted octanol–water partition coefficient (Wildman–Crippen LogP) is 4.64. The molecule has 0 saturated carbocycles. The molecule has 0 saturated heterocycles. The van der Waals surface area contributed by atoms with E-state index >= 15 is 0 Å². The van der Waals surface area contributed by atoms with Crippen molar-refractivity contribution in [2.75, 3.05) is 42.2 Å². The Hall–Kier alpha value is -3.38. The molecule has 1 atom stereocenters. The van der Waals surface area contributed by atoms with Crippen LogP contribution in [0.4, 0.5) is 0 Å². The van der Waals surface area contributed by atoms with Gasteiger partial charge < -0.3 is 28.8 Å². The van der Waals surface area contributed by atoms with Gasteiger partial charge in [0.05, 0.1) is 42.2 Å². The first-order chi connectivity index (χ1) is 15.6. The van der Waals surface area contributed by atoms with Gasteiger partial charge in [-0.15, -0.1) is 0 Å². The second kappa shape index (κ2) is 10.8. The molecular formula is C26H30O6. The zero-order valence-corrected chi connectivity index (χ0v) is 19.1. The summed E-state index contributed by atoms with van der Waals surface area (Å²) in [6.07, 6.45) is 0. The monoisotopic (exact) mass is 438 g/mol. The number of benzene rings is 3. The molecule has 0 aliphatic carbocycles. The molecule has 3 aromatic rings. The average molecular weight is 439 g/mol. The maximum atomic E-state index is 10.5. The number of aliphatic hydroxyl groups excluding tert-OH is 1. The molecule has 0 spiro atoms. The topological polar surface area (TPSA) is 66.4 Å². The third kappa shape index (κ3) is 4.75. The van der Waals surface area contributed by atoms with Crippen molar-refractivity contribution in [2.45, 2.75) is 11.8 Å². The molecule has 1 unspecified atom stereocenters. The fourth-order valence-electron chi connectivity index (χ4n) is 4.03. The Kier molecular flexibility index (Phi) is 7.84. The van der Waals surface area contributed by atoms with Crippen molar-refractivity contribution in [3.05, 3.63) is 77.4 Å². The van der Waals surface area contributed by atoms with Crippen LogP contribution in [-0.2, 0) is 0 Å². The van der Waals surface area contributed by atoms with Crippen LogP contribution in [0.25, 0.3) is 0 Å². The van der Waals surface area contributed by atoms with Gasteiger partial charge in [0, 0.05) is 11.8 Å². The van der Waals surface area contributed by atoms with Crippen molar-refractivity contribution < 1.29 is 28.8 Å². The Labute approximate surface area is 189 Å². The second-order valence-corrected chi connectivity index (χ2v) is 7.27. The minimum absolute atomic E-state index is 0.0689. The van der Waals surface area contributed by atoms with Crippen LogP contribution in [0.1, 0.15) is 28.5 Å². The maximum Gasteiger partial charge on any atom is 0.161 e. The van der Waals surface area contributed by atoms with Gasteiger partial charge in [0.2, 0.25) is 0 Å². The lowest BCUT2D eigenvalue weighted by molar-refractivity contribution is 0.254. The van der Waals surface area contributed by atoms with E-state index in [9.17, 15) is 5.11 Å². The number of methoxy groups -OCH3 is 5. The predicted molar refractivity (Wildman–Crippen MR) is 124 cm³/mol. The summed E-state index contributed by atoms with van der Waals surface area (Å²) in [7, 11) is 8.07. The quantitative estimate of drug-likeness (QED) is 0.498. The molecule has 6 heteroatoms. The van der Waals surface area contributed by atoms with Crippen LogP contribution in [-0.4, -0.2) is 47.3 Å². The Morgan fingerprint density at radius 2 is 1.12 bits per heavy atom. The van der Waals surface area contributed by atoms with E-state index in [1.807, 2.05) is 60.7 Å². The summed E-state index contributed by atoms with van der Waals surface area (Å²) in [5, 5.41) is 10.5. The van der Waals surface area contributed by atoms with E-state index in [1.54, 1.807) is 35.5 Å². The van der Waals surface area contributed by atoms with Crippen LogP contribution >= 0.6 is 0 Å². The molecule has 6 nitrogen and oxygen atoms in total. The zero-order valence-electron chi connectivity index (χ0n) is 19.1. The Morgan fingerprint density at radius 1 is 0.594 bits per heavy atom. The molecule has 0 aliphatic rings. The molecule has 0 bridgehead atoms. The van der Waals surface area contributed by atoms with Gasteiger partial charge in [-0.3, -0.25) is 0 Å². The Bertz CT molecular complexity index is 977. The summed E-state index contributed by atoms with van der Waals surface area (Å²) in [5.74, 6) is 2.82. The van der Waals surface area contributed by atoms with Gasteiger partial charge in [-0.1, -0.05) is 24.3 Å². The summed E-state index contributed by atoms with van der Waals surface area (Å²) < 4.78 is 27.4. The highest BCUT2D eigenvalue weighted by molar-refractivity contribution is 5.51. The van der Waals surface area contributed by atoms with E-state index < -0.39 is 0 Å². The summed E-state index contributed by atoms with van der Waals surface area (Å²) in [4.78, 5) is 0. The Balaban J connectivity index is 2.21. The third-order valence-electron chi connectivity index (χ3n) is 5.65. The molecule has 3 aromatic carbocycles. The van der Waals surface area contributed by atoms with Crippen molar-refractivity contribution in [3.63, 3.8) is 0 Å². The van der Waals surface area contributed by atoms with Crippen LogP contribution in [0.3, 0.4) is 0 Å². The molecule has 0 fully saturated rings. The largest absolute Gasteiger partial charge is 0.497 e. The maximum absolute atomic E-state index is 10.5. The van der Waals surface area contributed by atoms with Gasteiger partial charge in [-0.2, -0.15) is 0 Å². The molecule has 32 heavy (non-hydrogen) atoms. The summed E-state index contributed by atoms with van der Waals surface area (Å²) in [5.41, 5.74) is 2.90. The summed E-state index contributed by atoms with van der Waals surface area (Å²) in [6.45, 7) is -0.0689. The fourth-order valence-corrected chi connectivity index (χ4v) is 4.03. The van der Waals surface area contributed by atoms with Crippen LogP contribution in [0, 0.1) is 0 Å². The summed E-state index contributed by atoms with van der Waals surface area (Å²) >= 11 is 0. The first kappa shape index (κ1) is 23.3. The van der Waals surface area contributed by atoms with E-state index in [2.05, 4.69) is 0 Å². The summed E-state index contributed by atoms with van der Waals surface area (Å²) in [6, 6.07) is 19.4. The van der Waals surface area contributed by atoms with Crippen molar-refractivity contribution in [3.8, 4) is 28.7 Å². The molecular weight excluding hydrogens is 408 g/mol. The van der Waals surface area contributed by atoms with Gasteiger partial charge >= 0.3 is 0 Å². The molecule has 0 aromatic heterocycles. The average Bonchev–Trinajstić information content (AvgIpc) is 2.86. The molecule has 0 heterocycles. The Morgan fingerprint density at radius 3 is 1.56 bits per heavy atom. The van der Waals surface area contributed by atoms with Crippen molar-refractivity contribution in [2.24, 2.45) is 0 Å². The van der Waals surface area contributed by atoms with E-state index in [0.29, 0.717) is 23.0 Å². The lowest BCUT2D eigenvalue weighted by Crippen LogP contribution is -2.17. The SMILES string of the molecule is COc1cccc(C(CO)C(c2ccc(OC)c(OC)c2)c2ccc(OC)c(OC)c2)c1. The highest BCUT2D eigenvalue weighted by Gasteiger charge is 2.28. The van der Waals surface area contributed by atoms with Crippen LogP contribution in [0.2, 0.25) is 0 Å². The first-order valence-electron chi connectivity index (χ1n) is 10.3. The van der Waals surface area contributed by atoms with Gasteiger partial charge in [0.25, 0.3) is 0 Å². The highest BCUT2D eigenvalue weighted by atomic mass is 16.5. The zero-order chi connectivity index (χ0) is 23.1. The van der Waals surface area contributed by atoms with Gasteiger partial charge in [0.1, 0.15) is 5.75 Å². The number of hydrogen-bond acceptors (Lipinski definition) is 6. The van der Waals surface area contributed by atoms with Crippen LogP contribution in [0.15, 0.2) is 60.7 Å². The van der Waals surface area contributed by atoms with Crippen molar-refractivity contribution >= 4 is 0 Å². The molecule has 3 rings (SSSR count). The van der Waals surface area contributed by atoms with E-state index in [0.717, 1.165) is 22.4 Å². The minimum atomic E-state index is -0.249. The van der Waals surface area contributed by atoms with E-state index in [1.165, 1.54) is 0 Å². The van der Waals surface area contributed by atoms with Crippen molar-refractivity contribution in [1.29, 1.82) is 0 Å².